The molecule has 1 fully saturated rings. The molecule has 0 atom stereocenters. The van der Waals surface area contributed by atoms with Crippen molar-refractivity contribution in [3.05, 3.63) is 40.0 Å². The standard InChI is InChI=1S/C19H28N6OS.HI/c1-14(2)16-13-27-17(24-16)12-23-19(20-3)22-11-15-5-4-6-21-18(15)25-7-9-26-10-8-25;/h4-6,13-14H,7-12H2,1-3H3,(H2,20,22,23);1H. The summed E-state index contributed by atoms with van der Waals surface area (Å²) in [6.45, 7) is 8.89. The topological polar surface area (TPSA) is 74.7 Å². The molecule has 2 N–H and O–H groups in total. The molecular weight excluding hydrogens is 487 g/mol. The zero-order valence-electron chi connectivity index (χ0n) is 16.6. The number of thiazole rings is 1. The second-order valence-corrected chi connectivity index (χ2v) is 7.63. The molecule has 1 aliphatic heterocycles. The number of anilines is 1. The zero-order chi connectivity index (χ0) is 19.1. The molecule has 0 unspecified atom stereocenters. The summed E-state index contributed by atoms with van der Waals surface area (Å²) >= 11 is 1.68. The predicted octanol–water partition coefficient (Wildman–Crippen LogP) is 2.98. The minimum atomic E-state index is 0. The maximum Gasteiger partial charge on any atom is 0.191 e. The van der Waals surface area contributed by atoms with Crippen molar-refractivity contribution in [1.29, 1.82) is 0 Å². The fourth-order valence-electron chi connectivity index (χ4n) is 2.86. The van der Waals surface area contributed by atoms with E-state index in [2.05, 4.69) is 55.8 Å². The lowest BCUT2D eigenvalue weighted by Gasteiger charge is -2.29. The van der Waals surface area contributed by atoms with Gasteiger partial charge in [-0.05, 0) is 12.0 Å². The van der Waals surface area contributed by atoms with E-state index in [0.29, 0.717) is 19.0 Å². The summed E-state index contributed by atoms with van der Waals surface area (Å²) in [5.74, 6) is 2.23. The molecule has 154 valence electrons. The molecule has 0 radical (unpaired) electrons. The molecule has 7 nitrogen and oxygen atoms in total. The molecular formula is C19H29IN6OS. The number of aliphatic imine (C=N–C) groups is 1. The molecule has 1 aliphatic rings. The highest BCUT2D eigenvalue weighted by molar-refractivity contribution is 14.0. The molecule has 0 aromatic carbocycles. The van der Waals surface area contributed by atoms with Crippen molar-refractivity contribution in [3.8, 4) is 0 Å². The van der Waals surface area contributed by atoms with Crippen LogP contribution in [0.5, 0.6) is 0 Å². The van der Waals surface area contributed by atoms with E-state index < -0.39 is 0 Å². The molecule has 1 saturated heterocycles. The largest absolute Gasteiger partial charge is 0.378 e. The zero-order valence-corrected chi connectivity index (χ0v) is 19.8. The first-order chi connectivity index (χ1) is 13.2. The summed E-state index contributed by atoms with van der Waals surface area (Å²) < 4.78 is 5.45. The van der Waals surface area contributed by atoms with Gasteiger partial charge in [0.05, 0.1) is 25.5 Å². The summed E-state index contributed by atoms with van der Waals surface area (Å²) in [6.07, 6.45) is 1.84. The minimum absolute atomic E-state index is 0. The van der Waals surface area contributed by atoms with Crippen molar-refractivity contribution in [2.24, 2.45) is 4.99 Å². The summed E-state index contributed by atoms with van der Waals surface area (Å²) in [7, 11) is 1.78. The average Bonchev–Trinajstić information content (AvgIpc) is 3.18. The fourth-order valence-corrected chi connectivity index (χ4v) is 3.75. The highest BCUT2D eigenvalue weighted by Crippen LogP contribution is 2.19. The molecule has 0 aliphatic carbocycles. The Kier molecular flexibility index (Phi) is 9.39. The van der Waals surface area contributed by atoms with Crippen molar-refractivity contribution in [3.63, 3.8) is 0 Å². The number of nitrogens with one attached hydrogen (secondary N) is 2. The number of morpholine rings is 1. The van der Waals surface area contributed by atoms with Gasteiger partial charge in [-0.2, -0.15) is 0 Å². The Balaban J connectivity index is 0.00000280. The predicted molar refractivity (Wildman–Crippen MR) is 126 cm³/mol. The van der Waals surface area contributed by atoms with Gasteiger partial charge in [0.2, 0.25) is 0 Å². The third-order valence-corrected chi connectivity index (χ3v) is 5.28. The van der Waals surface area contributed by atoms with Gasteiger partial charge < -0.3 is 20.3 Å². The van der Waals surface area contributed by atoms with E-state index in [4.69, 9.17) is 4.74 Å². The lowest BCUT2D eigenvalue weighted by molar-refractivity contribution is 0.122. The van der Waals surface area contributed by atoms with Crippen molar-refractivity contribution >= 4 is 47.1 Å². The van der Waals surface area contributed by atoms with Gasteiger partial charge in [0.25, 0.3) is 0 Å². The monoisotopic (exact) mass is 516 g/mol. The Morgan fingerprint density at radius 1 is 1.29 bits per heavy atom. The minimum Gasteiger partial charge on any atom is -0.378 e. The normalized spacial score (nSPS) is 14.7. The van der Waals surface area contributed by atoms with Gasteiger partial charge in [-0.25, -0.2) is 9.97 Å². The first kappa shape index (κ1) is 22.8. The lowest BCUT2D eigenvalue weighted by Crippen LogP contribution is -2.39. The van der Waals surface area contributed by atoms with Crippen LogP contribution < -0.4 is 15.5 Å². The Hall–Kier alpha value is -1.46. The van der Waals surface area contributed by atoms with Gasteiger partial charge in [0, 0.05) is 43.8 Å². The van der Waals surface area contributed by atoms with Crippen molar-refractivity contribution in [2.75, 3.05) is 38.3 Å². The number of guanidine groups is 1. The lowest BCUT2D eigenvalue weighted by atomic mass is 10.2. The Morgan fingerprint density at radius 2 is 2.04 bits per heavy atom. The molecule has 0 amide bonds. The van der Waals surface area contributed by atoms with Crippen LogP contribution in [0.4, 0.5) is 5.82 Å². The number of halogens is 1. The maximum absolute atomic E-state index is 5.45. The first-order valence-electron chi connectivity index (χ1n) is 9.32. The smallest absolute Gasteiger partial charge is 0.191 e. The third-order valence-electron chi connectivity index (χ3n) is 4.42. The summed E-state index contributed by atoms with van der Waals surface area (Å²) in [6, 6.07) is 4.08. The molecule has 0 saturated carbocycles. The van der Waals surface area contributed by atoms with Crippen LogP contribution in [-0.4, -0.2) is 49.3 Å². The number of hydrogen-bond donors (Lipinski definition) is 2. The van der Waals surface area contributed by atoms with Crippen molar-refractivity contribution < 1.29 is 4.74 Å². The summed E-state index contributed by atoms with van der Waals surface area (Å²) in [4.78, 5) is 15.8. The van der Waals surface area contributed by atoms with Gasteiger partial charge in [0.1, 0.15) is 10.8 Å². The third kappa shape index (κ3) is 6.28. The number of aromatic nitrogens is 2. The molecule has 3 heterocycles. The SMILES string of the molecule is CN=C(NCc1nc(C(C)C)cs1)NCc1cccnc1N1CCOCC1.I. The molecule has 2 aromatic heterocycles. The fraction of sp³-hybridized carbons (Fsp3) is 0.526. The van der Waals surface area contributed by atoms with Crippen LogP contribution in [0.15, 0.2) is 28.7 Å². The van der Waals surface area contributed by atoms with Crippen LogP contribution in [0.3, 0.4) is 0 Å². The van der Waals surface area contributed by atoms with Crippen LogP contribution in [0.1, 0.15) is 36.0 Å². The number of ether oxygens (including phenoxy) is 1. The highest BCUT2D eigenvalue weighted by Gasteiger charge is 2.16. The van der Waals surface area contributed by atoms with E-state index in [1.807, 2.05) is 12.3 Å². The Morgan fingerprint density at radius 3 is 2.71 bits per heavy atom. The van der Waals surface area contributed by atoms with Crippen molar-refractivity contribution in [1.82, 2.24) is 20.6 Å². The number of hydrogen-bond acceptors (Lipinski definition) is 6. The molecule has 3 rings (SSSR count). The van der Waals surface area contributed by atoms with Gasteiger partial charge in [-0.1, -0.05) is 19.9 Å². The van der Waals surface area contributed by atoms with E-state index in [-0.39, 0.29) is 24.0 Å². The summed E-state index contributed by atoms with van der Waals surface area (Å²) in [5.41, 5.74) is 2.30. The van der Waals surface area contributed by atoms with Crippen LogP contribution >= 0.6 is 35.3 Å². The second-order valence-electron chi connectivity index (χ2n) is 6.69. The van der Waals surface area contributed by atoms with E-state index >= 15 is 0 Å². The Labute approximate surface area is 188 Å². The molecule has 0 bridgehead atoms. The molecule has 0 spiro atoms. The van der Waals surface area contributed by atoms with E-state index in [0.717, 1.165) is 54.3 Å². The number of pyridine rings is 1. The quantitative estimate of drug-likeness (QED) is 0.350. The van der Waals surface area contributed by atoms with Crippen LogP contribution in [-0.2, 0) is 17.8 Å². The van der Waals surface area contributed by atoms with Gasteiger partial charge in [-0.15, -0.1) is 35.3 Å². The number of nitrogens with zero attached hydrogens (tertiary/aromatic N) is 4. The van der Waals surface area contributed by atoms with Crippen LogP contribution in [0.25, 0.3) is 0 Å². The molecule has 28 heavy (non-hydrogen) atoms. The number of rotatable bonds is 6. The highest BCUT2D eigenvalue weighted by atomic mass is 127. The van der Waals surface area contributed by atoms with E-state index in [9.17, 15) is 0 Å². The Bertz CT molecular complexity index is 760. The van der Waals surface area contributed by atoms with Crippen LogP contribution in [0, 0.1) is 0 Å². The molecule has 2 aromatic rings. The summed E-state index contributed by atoms with van der Waals surface area (Å²) in [5, 5.41) is 9.92. The van der Waals surface area contributed by atoms with Crippen LogP contribution in [0.2, 0.25) is 0 Å². The van der Waals surface area contributed by atoms with Gasteiger partial charge >= 0.3 is 0 Å². The first-order valence-corrected chi connectivity index (χ1v) is 10.2. The second kappa shape index (κ2) is 11.5. The molecule has 9 heteroatoms. The van der Waals surface area contributed by atoms with Crippen molar-refractivity contribution in [2.45, 2.75) is 32.9 Å². The van der Waals surface area contributed by atoms with E-state index in [1.54, 1.807) is 18.4 Å². The van der Waals surface area contributed by atoms with Gasteiger partial charge in [0.15, 0.2) is 5.96 Å². The van der Waals surface area contributed by atoms with Gasteiger partial charge in [-0.3, -0.25) is 4.99 Å². The average molecular weight is 516 g/mol. The maximum atomic E-state index is 5.45. The van der Waals surface area contributed by atoms with E-state index in [1.165, 1.54) is 0 Å².